The van der Waals surface area contributed by atoms with Gasteiger partial charge in [0.2, 0.25) is 0 Å². The molecule has 138 valence electrons. The van der Waals surface area contributed by atoms with Crippen LogP contribution in [0.15, 0.2) is 24.3 Å². The Hall–Kier alpha value is -1.56. The van der Waals surface area contributed by atoms with Crippen LogP contribution in [-0.4, -0.2) is 68.3 Å². The van der Waals surface area contributed by atoms with E-state index in [-0.39, 0.29) is 5.41 Å². The number of H-pyrrole nitrogens is 1. The topological polar surface area (TPSA) is 40.7 Å². The summed E-state index contributed by atoms with van der Waals surface area (Å²) in [5, 5.41) is 1.20. The van der Waals surface area contributed by atoms with Crippen LogP contribution in [0.25, 0.3) is 10.9 Å². The van der Waals surface area contributed by atoms with Crippen LogP contribution < -0.4 is 4.74 Å². The Labute approximate surface area is 150 Å². The Morgan fingerprint density at radius 2 is 2.00 bits per heavy atom. The van der Waals surface area contributed by atoms with Gasteiger partial charge in [-0.25, -0.2) is 0 Å². The van der Waals surface area contributed by atoms with Gasteiger partial charge in [0, 0.05) is 49.3 Å². The predicted molar refractivity (Wildman–Crippen MR) is 102 cm³/mol. The van der Waals surface area contributed by atoms with Crippen molar-refractivity contribution in [1.29, 1.82) is 0 Å². The largest absolute Gasteiger partial charge is 0.497 e. The molecule has 1 saturated heterocycles. The molecule has 0 radical (unpaired) electrons. The molecular formula is C20H31N3O2. The maximum Gasteiger partial charge on any atom is 0.119 e. The van der Waals surface area contributed by atoms with Gasteiger partial charge in [-0.15, -0.1) is 0 Å². The maximum absolute atomic E-state index is 5.45. The van der Waals surface area contributed by atoms with Gasteiger partial charge in [-0.05, 0) is 36.7 Å². The molecule has 1 aromatic heterocycles. The molecule has 0 atom stereocenters. The van der Waals surface area contributed by atoms with Gasteiger partial charge in [-0.3, -0.25) is 4.90 Å². The van der Waals surface area contributed by atoms with Crippen LogP contribution in [0.3, 0.4) is 0 Å². The summed E-state index contributed by atoms with van der Waals surface area (Å²) in [6.07, 6.45) is 0. The molecule has 1 aromatic carbocycles. The van der Waals surface area contributed by atoms with Gasteiger partial charge in [0.05, 0.1) is 20.3 Å². The lowest BCUT2D eigenvalue weighted by Crippen LogP contribution is -2.45. The molecule has 5 heteroatoms. The molecule has 1 N–H and O–H groups in total. The first kappa shape index (κ1) is 18.2. The van der Waals surface area contributed by atoms with Crippen LogP contribution in [0.4, 0.5) is 0 Å². The van der Waals surface area contributed by atoms with E-state index in [1.165, 1.54) is 11.1 Å². The van der Waals surface area contributed by atoms with Gasteiger partial charge in [0.25, 0.3) is 0 Å². The van der Waals surface area contributed by atoms with Crippen LogP contribution in [-0.2, 0) is 11.3 Å². The van der Waals surface area contributed by atoms with Crippen LogP contribution in [0.5, 0.6) is 5.75 Å². The first-order valence-electron chi connectivity index (χ1n) is 9.09. The monoisotopic (exact) mass is 345 g/mol. The van der Waals surface area contributed by atoms with E-state index in [1.54, 1.807) is 7.11 Å². The molecule has 1 aliphatic rings. The van der Waals surface area contributed by atoms with E-state index in [9.17, 15) is 0 Å². The lowest BCUT2D eigenvalue weighted by molar-refractivity contribution is 0.0160. The van der Waals surface area contributed by atoms with E-state index in [4.69, 9.17) is 9.47 Å². The van der Waals surface area contributed by atoms with Gasteiger partial charge in [0.15, 0.2) is 0 Å². The van der Waals surface area contributed by atoms with E-state index >= 15 is 0 Å². The number of rotatable bonds is 7. The maximum atomic E-state index is 5.45. The smallest absolute Gasteiger partial charge is 0.119 e. The highest BCUT2D eigenvalue weighted by molar-refractivity contribution is 5.81. The second kappa shape index (κ2) is 7.77. The summed E-state index contributed by atoms with van der Waals surface area (Å²) in [5.74, 6) is 0.901. The number of hydrogen-bond acceptors (Lipinski definition) is 4. The number of nitrogens with zero attached hydrogens (tertiary/aromatic N) is 2. The molecule has 0 spiro atoms. The Bertz CT molecular complexity index is 689. The third-order valence-corrected chi connectivity index (χ3v) is 4.78. The minimum absolute atomic E-state index is 0.251. The molecule has 1 aliphatic heterocycles. The first-order valence-corrected chi connectivity index (χ1v) is 9.09. The second-order valence-electron chi connectivity index (χ2n) is 7.97. The average Bonchev–Trinajstić information content (AvgIpc) is 2.95. The molecule has 0 unspecified atom stereocenters. The first-order chi connectivity index (χ1) is 11.9. The minimum atomic E-state index is 0.251. The zero-order valence-corrected chi connectivity index (χ0v) is 16.0. The summed E-state index contributed by atoms with van der Waals surface area (Å²) < 4.78 is 10.8. The minimum Gasteiger partial charge on any atom is -0.497 e. The fourth-order valence-corrected chi connectivity index (χ4v) is 3.87. The van der Waals surface area contributed by atoms with Crippen molar-refractivity contribution in [3.63, 3.8) is 0 Å². The molecular weight excluding hydrogens is 314 g/mol. The van der Waals surface area contributed by atoms with Crippen molar-refractivity contribution in [1.82, 2.24) is 14.8 Å². The van der Waals surface area contributed by atoms with Gasteiger partial charge >= 0.3 is 0 Å². The fourth-order valence-electron chi connectivity index (χ4n) is 3.87. The van der Waals surface area contributed by atoms with E-state index in [0.717, 1.165) is 57.2 Å². The van der Waals surface area contributed by atoms with E-state index in [0.29, 0.717) is 0 Å². The quantitative estimate of drug-likeness (QED) is 0.838. The van der Waals surface area contributed by atoms with Gasteiger partial charge in [-0.2, -0.15) is 0 Å². The summed E-state index contributed by atoms with van der Waals surface area (Å²) in [6, 6.07) is 8.39. The molecule has 25 heavy (non-hydrogen) atoms. The molecule has 3 rings (SSSR count). The SMILES string of the molecule is COc1ccc2[nH]c(CN(C)CC(C)(C)CN3CCOCC3)cc2c1. The number of benzene rings is 1. The van der Waals surface area contributed by atoms with Crippen molar-refractivity contribution in [2.45, 2.75) is 20.4 Å². The molecule has 2 heterocycles. The number of hydrogen-bond donors (Lipinski definition) is 1. The lowest BCUT2D eigenvalue weighted by Gasteiger charge is -2.37. The molecule has 0 amide bonds. The summed E-state index contributed by atoms with van der Waals surface area (Å²) in [7, 11) is 3.91. The highest BCUT2D eigenvalue weighted by Crippen LogP contribution is 2.23. The summed E-state index contributed by atoms with van der Waals surface area (Å²) in [5.41, 5.74) is 2.66. The Morgan fingerprint density at radius 3 is 2.72 bits per heavy atom. The highest BCUT2D eigenvalue weighted by Gasteiger charge is 2.25. The van der Waals surface area contributed by atoms with Crippen molar-refractivity contribution in [3.8, 4) is 5.75 Å². The Balaban J connectivity index is 1.58. The fraction of sp³-hybridized carbons (Fsp3) is 0.600. The zero-order chi connectivity index (χ0) is 17.9. The molecule has 0 bridgehead atoms. The van der Waals surface area contributed by atoms with E-state index in [2.05, 4.69) is 53.9 Å². The second-order valence-corrected chi connectivity index (χ2v) is 7.97. The highest BCUT2D eigenvalue weighted by atomic mass is 16.5. The predicted octanol–water partition coefficient (Wildman–Crippen LogP) is 2.97. The van der Waals surface area contributed by atoms with Crippen molar-refractivity contribution < 1.29 is 9.47 Å². The van der Waals surface area contributed by atoms with Crippen molar-refractivity contribution in [3.05, 3.63) is 30.0 Å². The van der Waals surface area contributed by atoms with Crippen molar-refractivity contribution in [2.75, 3.05) is 53.6 Å². The summed E-state index contributed by atoms with van der Waals surface area (Å²) >= 11 is 0. The zero-order valence-electron chi connectivity index (χ0n) is 16.0. The number of methoxy groups -OCH3 is 1. The molecule has 0 aliphatic carbocycles. The normalized spacial score (nSPS) is 16.7. The third-order valence-electron chi connectivity index (χ3n) is 4.78. The van der Waals surface area contributed by atoms with Crippen LogP contribution in [0.2, 0.25) is 0 Å². The third kappa shape index (κ3) is 4.97. The Morgan fingerprint density at radius 1 is 1.24 bits per heavy atom. The van der Waals surface area contributed by atoms with Crippen LogP contribution in [0.1, 0.15) is 19.5 Å². The van der Waals surface area contributed by atoms with E-state index < -0.39 is 0 Å². The summed E-state index contributed by atoms with van der Waals surface area (Å²) in [6.45, 7) is 11.6. The van der Waals surface area contributed by atoms with Crippen LogP contribution in [0, 0.1) is 5.41 Å². The van der Waals surface area contributed by atoms with Crippen molar-refractivity contribution in [2.24, 2.45) is 5.41 Å². The van der Waals surface area contributed by atoms with Crippen molar-refractivity contribution >= 4 is 10.9 Å². The lowest BCUT2D eigenvalue weighted by atomic mass is 9.91. The standard InChI is InChI=1S/C20H31N3O2/c1-20(2,15-23-7-9-25-10-8-23)14-22(3)13-17-11-16-12-18(24-4)5-6-19(16)21-17/h5-6,11-12,21H,7-10,13-15H2,1-4H3. The Kier molecular flexibility index (Phi) is 5.67. The van der Waals surface area contributed by atoms with Gasteiger partial charge < -0.3 is 19.4 Å². The molecule has 5 nitrogen and oxygen atoms in total. The summed E-state index contributed by atoms with van der Waals surface area (Å²) in [4.78, 5) is 8.45. The molecule has 2 aromatic rings. The number of aromatic amines is 1. The number of fused-ring (bicyclic) bond motifs is 1. The van der Waals surface area contributed by atoms with Gasteiger partial charge in [-0.1, -0.05) is 13.8 Å². The number of ether oxygens (including phenoxy) is 2. The number of aromatic nitrogens is 1. The number of nitrogens with one attached hydrogen (secondary N) is 1. The molecule has 1 fully saturated rings. The average molecular weight is 345 g/mol. The van der Waals surface area contributed by atoms with Gasteiger partial charge in [0.1, 0.15) is 5.75 Å². The molecule has 0 saturated carbocycles. The van der Waals surface area contributed by atoms with E-state index in [1.807, 2.05) is 6.07 Å². The number of morpholine rings is 1. The van der Waals surface area contributed by atoms with Crippen LogP contribution >= 0.6 is 0 Å².